The third kappa shape index (κ3) is 3.47. The van der Waals surface area contributed by atoms with Crippen molar-refractivity contribution in [2.45, 2.75) is 19.4 Å². The highest BCUT2D eigenvalue weighted by Crippen LogP contribution is 2.04. The number of carbonyl (C=O) groups is 1. The maximum atomic E-state index is 11.7. The van der Waals surface area contributed by atoms with Crippen molar-refractivity contribution >= 4 is 11.7 Å². The average Bonchev–Trinajstić information content (AvgIpc) is 2.17. The van der Waals surface area contributed by atoms with E-state index in [0.29, 0.717) is 6.61 Å². The van der Waals surface area contributed by atoms with E-state index in [2.05, 4.69) is 15.5 Å². The second-order valence-electron chi connectivity index (χ2n) is 4.11. The van der Waals surface area contributed by atoms with Gasteiger partial charge in [0.05, 0.1) is 12.1 Å². The van der Waals surface area contributed by atoms with Crippen LogP contribution in [0.4, 0.5) is 5.82 Å². The second kappa shape index (κ2) is 4.89. The molecular weight excluding hydrogens is 208 g/mol. The number of carbonyl (C=O) groups excluding carboxylic acids is 1. The van der Waals surface area contributed by atoms with Crippen LogP contribution < -0.4 is 11.1 Å². The summed E-state index contributed by atoms with van der Waals surface area (Å²) in [7, 11) is 1.58. The van der Waals surface area contributed by atoms with Crippen LogP contribution in [0.1, 0.15) is 24.3 Å². The molecule has 1 aromatic heterocycles. The Hall–Kier alpha value is -1.69. The smallest absolute Gasteiger partial charge is 0.272 e. The molecule has 0 unspecified atom stereocenters. The number of amides is 1. The Morgan fingerprint density at radius 3 is 2.69 bits per heavy atom. The van der Waals surface area contributed by atoms with Gasteiger partial charge in [-0.2, -0.15) is 0 Å². The summed E-state index contributed by atoms with van der Waals surface area (Å²) in [4.78, 5) is 11.7. The number of hydrogen-bond acceptors (Lipinski definition) is 5. The summed E-state index contributed by atoms with van der Waals surface area (Å²) in [5, 5.41) is 10.1. The van der Waals surface area contributed by atoms with Crippen LogP contribution in [-0.2, 0) is 4.74 Å². The van der Waals surface area contributed by atoms with Gasteiger partial charge in [-0.25, -0.2) is 0 Å². The fraction of sp³-hybridized carbons (Fsp3) is 0.500. The molecule has 6 heteroatoms. The number of aromatic nitrogens is 2. The molecule has 0 radical (unpaired) electrons. The Bertz CT molecular complexity index is 362. The molecule has 0 fully saturated rings. The zero-order valence-electron chi connectivity index (χ0n) is 9.65. The summed E-state index contributed by atoms with van der Waals surface area (Å²) in [6, 6.07) is 3.06. The number of rotatable bonds is 4. The number of ether oxygens (including phenoxy) is 1. The molecule has 0 spiro atoms. The van der Waals surface area contributed by atoms with Crippen molar-refractivity contribution in [2.75, 3.05) is 19.5 Å². The van der Waals surface area contributed by atoms with Gasteiger partial charge in [0.15, 0.2) is 5.69 Å². The third-order valence-corrected chi connectivity index (χ3v) is 1.87. The third-order valence-electron chi connectivity index (χ3n) is 1.87. The zero-order valence-corrected chi connectivity index (χ0v) is 9.65. The van der Waals surface area contributed by atoms with Crippen LogP contribution >= 0.6 is 0 Å². The molecule has 3 N–H and O–H groups in total. The van der Waals surface area contributed by atoms with E-state index < -0.39 is 5.54 Å². The SMILES string of the molecule is COCC(C)(C)NC(=O)c1ccc(N)nn1. The number of nitrogens with zero attached hydrogens (tertiary/aromatic N) is 2. The van der Waals surface area contributed by atoms with Gasteiger partial charge in [-0.3, -0.25) is 4.79 Å². The Morgan fingerprint density at radius 1 is 1.50 bits per heavy atom. The number of methoxy groups -OCH3 is 1. The molecule has 1 rings (SSSR count). The van der Waals surface area contributed by atoms with Crippen LogP contribution in [0.5, 0.6) is 0 Å². The first-order valence-electron chi connectivity index (χ1n) is 4.85. The normalized spacial score (nSPS) is 11.2. The number of nitrogen functional groups attached to an aromatic ring is 1. The van der Waals surface area contributed by atoms with Crippen LogP contribution in [0.3, 0.4) is 0 Å². The fourth-order valence-corrected chi connectivity index (χ4v) is 1.23. The van der Waals surface area contributed by atoms with Gasteiger partial charge in [-0.1, -0.05) is 0 Å². The van der Waals surface area contributed by atoms with Gasteiger partial charge in [0.2, 0.25) is 0 Å². The first-order valence-corrected chi connectivity index (χ1v) is 4.85. The largest absolute Gasteiger partial charge is 0.382 e. The van der Waals surface area contributed by atoms with Gasteiger partial charge in [0.25, 0.3) is 5.91 Å². The van der Waals surface area contributed by atoms with Crippen LogP contribution in [0.15, 0.2) is 12.1 Å². The van der Waals surface area contributed by atoms with Crippen LogP contribution in [-0.4, -0.2) is 35.4 Å². The molecule has 1 heterocycles. The summed E-state index contributed by atoms with van der Waals surface area (Å²) >= 11 is 0. The summed E-state index contributed by atoms with van der Waals surface area (Å²) < 4.78 is 4.99. The predicted molar refractivity (Wildman–Crippen MR) is 59.9 cm³/mol. The summed E-state index contributed by atoms with van der Waals surface area (Å²) in [6.07, 6.45) is 0. The molecule has 0 aliphatic carbocycles. The quantitative estimate of drug-likeness (QED) is 0.763. The molecule has 0 atom stereocenters. The summed E-state index contributed by atoms with van der Waals surface area (Å²) in [5.41, 5.74) is 5.16. The van der Waals surface area contributed by atoms with Crippen molar-refractivity contribution in [3.63, 3.8) is 0 Å². The topological polar surface area (TPSA) is 90.1 Å². The molecule has 0 saturated heterocycles. The van der Waals surface area contributed by atoms with Gasteiger partial charge < -0.3 is 15.8 Å². The molecule has 88 valence electrons. The highest BCUT2D eigenvalue weighted by atomic mass is 16.5. The van der Waals surface area contributed by atoms with Gasteiger partial charge in [-0.15, -0.1) is 10.2 Å². The standard InChI is InChI=1S/C10H16N4O2/c1-10(2,6-16-3)12-9(15)7-4-5-8(11)14-13-7/h4-5H,6H2,1-3H3,(H2,11,14)(H,12,15). The molecule has 1 aromatic rings. The maximum Gasteiger partial charge on any atom is 0.272 e. The van der Waals surface area contributed by atoms with E-state index in [0.717, 1.165) is 0 Å². The average molecular weight is 224 g/mol. The molecule has 0 aliphatic rings. The minimum absolute atomic E-state index is 0.235. The Kier molecular flexibility index (Phi) is 3.78. The van der Waals surface area contributed by atoms with Crippen molar-refractivity contribution < 1.29 is 9.53 Å². The molecule has 0 bridgehead atoms. The van der Waals surface area contributed by atoms with E-state index in [9.17, 15) is 4.79 Å². The molecule has 0 aromatic carbocycles. The first kappa shape index (κ1) is 12.4. The number of hydrogen-bond donors (Lipinski definition) is 2. The van der Waals surface area contributed by atoms with Crippen LogP contribution in [0, 0.1) is 0 Å². The fourth-order valence-electron chi connectivity index (χ4n) is 1.23. The minimum Gasteiger partial charge on any atom is -0.382 e. The van der Waals surface area contributed by atoms with E-state index in [1.165, 1.54) is 12.1 Å². The van der Waals surface area contributed by atoms with E-state index in [4.69, 9.17) is 10.5 Å². The van der Waals surface area contributed by atoms with Crippen LogP contribution in [0.2, 0.25) is 0 Å². The van der Waals surface area contributed by atoms with E-state index in [-0.39, 0.29) is 17.4 Å². The number of anilines is 1. The Balaban J connectivity index is 2.69. The summed E-state index contributed by atoms with van der Waals surface area (Å²) in [6.45, 7) is 4.14. The van der Waals surface area contributed by atoms with Gasteiger partial charge >= 0.3 is 0 Å². The lowest BCUT2D eigenvalue weighted by atomic mass is 10.1. The second-order valence-corrected chi connectivity index (χ2v) is 4.11. The van der Waals surface area contributed by atoms with Gasteiger partial charge in [0.1, 0.15) is 5.82 Å². The monoisotopic (exact) mass is 224 g/mol. The van der Waals surface area contributed by atoms with Crippen molar-refractivity contribution in [3.8, 4) is 0 Å². The molecule has 16 heavy (non-hydrogen) atoms. The van der Waals surface area contributed by atoms with E-state index >= 15 is 0 Å². The lowest BCUT2D eigenvalue weighted by Gasteiger charge is -2.24. The van der Waals surface area contributed by atoms with Gasteiger partial charge in [0, 0.05) is 7.11 Å². The Labute approximate surface area is 94.2 Å². The van der Waals surface area contributed by atoms with Crippen molar-refractivity contribution in [1.29, 1.82) is 0 Å². The molecule has 0 saturated carbocycles. The number of nitrogens with two attached hydrogens (primary N) is 1. The Morgan fingerprint density at radius 2 is 2.19 bits per heavy atom. The van der Waals surface area contributed by atoms with E-state index in [1.807, 2.05) is 13.8 Å². The molecule has 0 aliphatic heterocycles. The van der Waals surface area contributed by atoms with E-state index in [1.54, 1.807) is 7.11 Å². The first-order chi connectivity index (χ1) is 7.44. The highest BCUT2D eigenvalue weighted by molar-refractivity contribution is 5.92. The molecular formula is C10H16N4O2. The minimum atomic E-state index is -0.450. The summed E-state index contributed by atoms with van der Waals surface area (Å²) in [5.74, 6) is -0.0118. The van der Waals surface area contributed by atoms with Crippen molar-refractivity contribution in [3.05, 3.63) is 17.8 Å². The van der Waals surface area contributed by atoms with Crippen molar-refractivity contribution in [2.24, 2.45) is 0 Å². The lowest BCUT2D eigenvalue weighted by Crippen LogP contribution is -2.47. The molecule has 6 nitrogen and oxygen atoms in total. The zero-order chi connectivity index (χ0) is 12.2. The predicted octanol–water partition coefficient (Wildman–Crippen LogP) is 0.214. The molecule has 1 amide bonds. The highest BCUT2D eigenvalue weighted by Gasteiger charge is 2.21. The van der Waals surface area contributed by atoms with Gasteiger partial charge in [-0.05, 0) is 26.0 Å². The van der Waals surface area contributed by atoms with Crippen molar-refractivity contribution in [1.82, 2.24) is 15.5 Å². The number of nitrogens with one attached hydrogen (secondary N) is 1. The maximum absolute atomic E-state index is 11.7. The van der Waals surface area contributed by atoms with Crippen LogP contribution in [0.25, 0.3) is 0 Å². The lowest BCUT2D eigenvalue weighted by molar-refractivity contribution is 0.0814.